The van der Waals surface area contributed by atoms with Crippen molar-refractivity contribution < 1.29 is 14.3 Å². The van der Waals surface area contributed by atoms with E-state index in [1.807, 2.05) is 20.8 Å². The second-order valence-corrected chi connectivity index (χ2v) is 7.23. The smallest absolute Gasteiger partial charge is 0.338 e. The molecule has 0 atom stereocenters. The van der Waals surface area contributed by atoms with Crippen LogP contribution in [0.5, 0.6) is 0 Å². The summed E-state index contributed by atoms with van der Waals surface area (Å²) in [5.41, 5.74) is 3.41. The molecule has 1 heterocycles. The van der Waals surface area contributed by atoms with E-state index in [0.717, 1.165) is 30.4 Å². The van der Waals surface area contributed by atoms with Crippen LogP contribution in [-0.2, 0) is 14.3 Å². The van der Waals surface area contributed by atoms with Gasteiger partial charge in [-0.1, -0.05) is 12.2 Å². The van der Waals surface area contributed by atoms with E-state index in [1.54, 1.807) is 13.8 Å². The molecule has 1 aliphatic carbocycles. The van der Waals surface area contributed by atoms with E-state index in [4.69, 9.17) is 4.74 Å². The number of amides is 1. The first-order valence-electron chi connectivity index (χ1n) is 8.27. The lowest BCUT2D eigenvalue weighted by Crippen LogP contribution is -2.48. The number of hydrogen-bond donors (Lipinski definition) is 1. The van der Waals surface area contributed by atoms with Crippen LogP contribution in [0.4, 0.5) is 0 Å². The summed E-state index contributed by atoms with van der Waals surface area (Å²) in [6.07, 6.45) is 2.77. The Kier molecular flexibility index (Phi) is 4.83. The molecule has 1 amide bonds. The summed E-state index contributed by atoms with van der Waals surface area (Å²) in [6, 6.07) is 0. The molecule has 0 aromatic rings. The average Bonchev–Trinajstić information content (AvgIpc) is 3.18. The van der Waals surface area contributed by atoms with Crippen molar-refractivity contribution in [3.05, 3.63) is 34.4 Å². The Morgan fingerprint density at radius 2 is 2.00 bits per heavy atom. The predicted molar refractivity (Wildman–Crippen MR) is 90.7 cm³/mol. The fraction of sp³-hybridized carbons (Fsp3) is 0.579. The van der Waals surface area contributed by atoms with Gasteiger partial charge in [-0.15, -0.1) is 0 Å². The van der Waals surface area contributed by atoms with Crippen molar-refractivity contribution in [2.45, 2.75) is 59.4 Å². The normalized spacial score (nSPS) is 21.5. The van der Waals surface area contributed by atoms with Crippen molar-refractivity contribution >= 4 is 11.9 Å². The van der Waals surface area contributed by atoms with Crippen molar-refractivity contribution in [2.24, 2.45) is 5.92 Å². The molecule has 1 saturated carbocycles. The number of nitrogens with one attached hydrogen (secondary N) is 1. The molecule has 1 N–H and O–H groups in total. The van der Waals surface area contributed by atoms with Gasteiger partial charge in [-0.2, -0.15) is 0 Å². The summed E-state index contributed by atoms with van der Waals surface area (Å²) in [6.45, 7) is 13.9. The Balaban J connectivity index is 2.61. The maximum Gasteiger partial charge on any atom is 0.338 e. The first kappa shape index (κ1) is 17.5. The second kappa shape index (κ2) is 6.34. The van der Waals surface area contributed by atoms with Crippen LogP contribution in [0.25, 0.3) is 0 Å². The van der Waals surface area contributed by atoms with Gasteiger partial charge < -0.3 is 10.1 Å². The van der Waals surface area contributed by atoms with Crippen LogP contribution in [0.2, 0.25) is 0 Å². The number of carbonyl (C=O) groups is 2. The molecule has 4 nitrogen and oxygen atoms in total. The fourth-order valence-electron chi connectivity index (χ4n) is 3.33. The van der Waals surface area contributed by atoms with Crippen molar-refractivity contribution in [1.29, 1.82) is 0 Å². The predicted octanol–water partition coefficient (Wildman–Crippen LogP) is 3.45. The summed E-state index contributed by atoms with van der Waals surface area (Å²) < 4.78 is 5.21. The fourth-order valence-corrected chi connectivity index (χ4v) is 3.33. The quantitative estimate of drug-likeness (QED) is 0.480. The van der Waals surface area contributed by atoms with Crippen LogP contribution in [-0.4, -0.2) is 24.0 Å². The lowest BCUT2D eigenvalue weighted by molar-refractivity contribution is -0.138. The molecule has 4 heteroatoms. The molecule has 0 aromatic heterocycles. The summed E-state index contributed by atoms with van der Waals surface area (Å²) in [4.78, 5) is 25.2. The lowest BCUT2D eigenvalue weighted by Gasteiger charge is -2.34. The van der Waals surface area contributed by atoms with Crippen molar-refractivity contribution in [1.82, 2.24) is 5.32 Å². The molecule has 0 radical (unpaired) electrons. The SMILES string of the molecule is C=C(C)/C(C(=O)OCC)=C(\C1=C(C)CC(C)(C)NC1=O)C1CC1. The molecule has 0 bridgehead atoms. The van der Waals surface area contributed by atoms with Crippen molar-refractivity contribution in [2.75, 3.05) is 6.61 Å². The van der Waals surface area contributed by atoms with E-state index in [-0.39, 0.29) is 23.3 Å². The molecule has 2 aliphatic rings. The third kappa shape index (κ3) is 3.74. The van der Waals surface area contributed by atoms with Gasteiger partial charge in [0.05, 0.1) is 12.2 Å². The molecule has 0 unspecified atom stereocenters. The minimum Gasteiger partial charge on any atom is -0.462 e. The zero-order valence-electron chi connectivity index (χ0n) is 14.8. The Morgan fingerprint density at radius 1 is 1.39 bits per heavy atom. The van der Waals surface area contributed by atoms with Gasteiger partial charge in [-0.25, -0.2) is 4.79 Å². The molecule has 2 rings (SSSR count). The summed E-state index contributed by atoms with van der Waals surface area (Å²) in [5.74, 6) is -0.216. The molecule has 1 aliphatic heterocycles. The monoisotopic (exact) mass is 317 g/mol. The van der Waals surface area contributed by atoms with Gasteiger partial charge in [0, 0.05) is 11.1 Å². The van der Waals surface area contributed by atoms with Gasteiger partial charge in [-0.3, -0.25) is 4.79 Å². The molecule has 0 spiro atoms. The maximum atomic E-state index is 12.7. The molecule has 0 aromatic carbocycles. The van der Waals surface area contributed by atoms with Crippen LogP contribution in [0.3, 0.4) is 0 Å². The second-order valence-electron chi connectivity index (χ2n) is 7.23. The van der Waals surface area contributed by atoms with E-state index in [2.05, 4.69) is 11.9 Å². The third-order valence-electron chi connectivity index (χ3n) is 4.24. The van der Waals surface area contributed by atoms with Crippen molar-refractivity contribution in [3.63, 3.8) is 0 Å². The van der Waals surface area contributed by atoms with Gasteiger partial charge >= 0.3 is 5.97 Å². The summed E-state index contributed by atoms with van der Waals surface area (Å²) in [7, 11) is 0. The first-order chi connectivity index (χ1) is 10.7. The topological polar surface area (TPSA) is 55.4 Å². The molecular weight excluding hydrogens is 290 g/mol. The van der Waals surface area contributed by atoms with E-state index < -0.39 is 0 Å². The van der Waals surface area contributed by atoms with E-state index in [1.165, 1.54) is 0 Å². The van der Waals surface area contributed by atoms with Gasteiger partial charge in [0.25, 0.3) is 5.91 Å². The van der Waals surface area contributed by atoms with Gasteiger partial charge in [0.1, 0.15) is 0 Å². The Labute approximate surface area is 138 Å². The molecule has 0 saturated heterocycles. The lowest BCUT2D eigenvalue weighted by atomic mass is 9.81. The number of esters is 1. The zero-order valence-corrected chi connectivity index (χ0v) is 14.8. The Bertz CT molecular complexity index is 619. The van der Waals surface area contributed by atoms with E-state index >= 15 is 0 Å². The number of carbonyl (C=O) groups excluding carboxylic acids is 2. The Hall–Kier alpha value is -1.84. The Morgan fingerprint density at radius 3 is 2.43 bits per heavy atom. The zero-order chi connectivity index (χ0) is 17.4. The average molecular weight is 317 g/mol. The molecule has 23 heavy (non-hydrogen) atoms. The summed E-state index contributed by atoms with van der Waals surface area (Å²) >= 11 is 0. The highest BCUT2D eigenvalue weighted by Crippen LogP contribution is 2.45. The molecular formula is C19H27NO3. The molecule has 1 fully saturated rings. The first-order valence-corrected chi connectivity index (χ1v) is 8.27. The van der Waals surface area contributed by atoms with Gasteiger partial charge in [-0.05, 0) is 70.9 Å². The largest absolute Gasteiger partial charge is 0.462 e. The van der Waals surface area contributed by atoms with Crippen LogP contribution in [0.1, 0.15) is 53.9 Å². The van der Waals surface area contributed by atoms with E-state index in [0.29, 0.717) is 23.3 Å². The maximum absolute atomic E-state index is 12.7. The number of ether oxygens (including phenoxy) is 1. The van der Waals surface area contributed by atoms with Gasteiger partial charge in [0.2, 0.25) is 0 Å². The van der Waals surface area contributed by atoms with Crippen LogP contribution in [0, 0.1) is 5.92 Å². The third-order valence-corrected chi connectivity index (χ3v) is 4.24. The highest BCUT2D eigenvalue weighted by molar-refractivity contribution is 6.04. The minimum atomic E-state index is -0.375. The standard InChI is InChI=1S/C19H27NO3/c1-7-23-18(22)14(11(2)3)16(13-8-9-13)15-12(4)10-19(5,6)20-17(15)21/h13H,2,7-10H2,1,3-6H3,(H,20,21)/b16-14+. The van der Waals surface area contributed by atoms with Gasteiger partial charge in [0.15, 0.2) is 0 Å². The van der Waals surface area contributed by atoms with E-state index in [9.17, 15) is 9.59 Å². The minimum absolute atomic E-state index is 0.0938. The number of rotatable bonds is 5. The van der Waals surface area contributed by atoms with Crippen LogP contribution >= 0.6 is 0 Å². The van der Waals surface area contributed by atoms with Crippen molar-refractivity contribution in [3.8, 4) is 0 Å². The molecule has 126 valence electrons. The van der Waals surface area contributed by atoms with Crippen LogP contribution in [0.15, 0.2) is 34.4 Å². The highest BCUT2D eigenvalue weighted by atomic mass is 16.5. The summed E-state index contributed by atoms with van der Waals surface area (Å²) in [5, 5.41) is 3.05. The highest BCUT2D eigenvalue weighted by Gasteiger charge is 2.40. The number of hydrogen-bond acceptors (Lipinski definition) is 3. The van der Waals surface area contributed by atoms with Crippen LogP contribution < -0.4 is 5.32 Å².